The van der Waals surface area contributed by atoms with Gasteiger partial charge in [0, 0.05) is 42.4 Å². The summed E-state index contributed by atoms with van der Waals surface area (Å²) in [7, 11) is 0. The lowest BCUT2D eigenvalue weighted by Gasteiger charge is -2.13. The van der Waals surface area contributed by atoms with E-state index in [0.717, 1.165) is 27.0 Å². The van der Waals surface area contributed by atoms with Gasteiger partial charge in [0.15, 0.2) is 0 Å². The number of non-ortho nitro benzene ring substituents is 1. The number of nitrogens with two attached hydrogens (primary N) is 1. The number of pyridine rings is 1. The van der Waals surface area contributed by atoms with Crippen molar-refractivity contribution in [3.8, 4) is 0 Å². The van der Waals surface area contributed by atoms with Gasteiger partial charge in [-0.2, -0.15) is 0 Å². The molecule has 0 aliphatic heterocycles. The molecule has 0 atom stereocenters. The molecular formula is C22H25N5O4S. The lowest BCUT2D eigenvalue weighted by molar-refractivity contribution is -0.385. The molecule has 0 radical (unpaired) electrons. The molecule has 2 aromatic heterocycles. The molecule has 0 aliphatic carbocycles. The van der Waals surface area contributed by atoms with Crippen LogP contribution in [-0.2, 0) is 17.7 Å². The number of carbonyl (C=O) groups excluding carboxylic acids is 1. The average Bonchev–Trinajstić information content (AvgIpc) is 3.09. The van der Waals surface area contributed by atoms with Gasteiger partial charge < -0.3 is 15.0 Å². The van der Waals surface area contributed by atoms with E-state index in [0.29, 0.717) is 19.4 Å². The fourth-order valence-corrected chi connectivity index (χ4v) is 4.40. The summed E-state index contributed by atoms with van der Waals surface area (Å²) in [5.74, 6) is 1.00. The second-order valence-corrected chi connectivity index (χ2v) is 8.50. The fraction of sp³-hybridized carbons (Fsp3) is 0.318. The van der Waals surface area contributed by atoms with Crippen molar-refractivity contribution in [2.45, 2.75) is 49.1 Å². The van der Waals surface area contributed by atoms with Gasteiger partial charge in [-0.3, -0.25) is 15.1 Å². The van der Waals surface area contributed by atoms with Gasteiger partial charge in [0.2, 0.25) is 0 Å². The molecule has 2 heterocycles. The Morgan fingerprint density at radius 3 is 2.69 bits per heavy atom. The van der Waals surface area contributed by atoms with Crippen molar-refractivity contribution < 1.29 is 14.5 Å². The number of ether oxygens (including phenoxy) is 1. The highest BCUT2D eigenvalue weighted by atomic mass is 32.2. The van der Waals surface area contributed by atoms with Crippen LogP contribution in [0.5, 0.6) is 0 Å². The van der Waals surface area contributed by atoms with E-state index < -0.39 is 11.0 Å². The summed E-state index contributed by atoms with van der Waals surface area (Å²) >= 11 is 1.46. The number of carbonyl (C=O) groups is 1. The molecule has 0 saturated heterocycles. The smallest absolute Gasteiger partial charge is 0.404 e. The number of nitro benzene ring substituents is 1. The highest BCUT2D eigenvalue weighted by molar-refractivity contribution is 7.99. The number of nitro groups is 1. The molecule has 0 spiro atoms. The van der Waals surface area contributed by atoms with Crippen molar-refractivity contribution in [3.63, 3.8) is 0 Å². The standard InChI is InChI=1S/C22H25N5O4S/c1-15(2)20-21(32-18-6-3-5-17(13-18)27(29)30)26(14-16-8-10-24-11-9-16)19(25-20)7-4-12-31-22(23)28/h3,5-6,8-11,13,15H,4,7,12,14H2,1-2H3,(H2,23,28). The van der Waals surface area contributed by atoms with E-state index in [1.807, 2.05) is 18.2 Å². The van der Waals surface area contributed by atoms with Crippen LogP contribution in [0.2, 0.25) is 0 Å². The van der Waals surface area contributed by atoms with Crippen LogP contribution in [0.1, 0.15) is 43.3 Å². The summed E-state index contributed by atoms with van der Waals surface area (Å²) in [6.07, 6.45) is 3.85. The predicted molar refractivity (Wildman–Crippen MR) is 121 cm³/mol. The maximum absolute atomic E-state index is 11.2. The molecule has 168 valence electrons. The highest BCUT2D eigenvalue weighted by Gasteiger charge is 2.21. The summed E-state index contributed by atoms with van der Waals surface area (Å²) in [4.78, 5) is 31.4. The van der Waals surface area contributed by atoms with Crippen LogP contribution < -0.4 is 5.73 Å². The van der Waals surface area contributed by atoms with E-state index in [1.54, 1.807) is 24.5 Å². The Kier molecular flexibility index (Phi) is 7.82. The number of hydrogen-bond donors (Lipinski definition) is 1. The molecule has 0 aliphatic rings. The van der Waals surface area contributed by atoms with E-state index in [-0.39, 0.29) is 18.2 Å². The van der Waals surface area contributed by atoms with Gasteiger partial charge in [0.05, 0.1) is 17.2 Å². The second kappa shape index (κ2) is 10.8. The van der Waals surface area contributed by atoms with Gasteiger partial charge in [-0.25, -0.2) is 9.78 Å². The van der Waals surface area contributed by atoms with E-state index in [1.165, 1.54) is 17.8 Å². The van der Waals surface area contributed by atoms with Crippen molar-refractivity contribution in [1.82, 2.24) is 14.5 Å². The minimum atomic E-state index is -0.796. The Morgan fingerprint density at radius 1 is 1.28 bits per heavy atom. The Balaban J connectivity index is 1.99. The molecule has 2 N–H and O–H groups in total. The molecule has 9 nitrogen and oxygen atoms in total. The maximum atomic E-state index is 11.2. The highest BCUT2D eigenvalue weighted by Crippen LogP contribution is 2.36. The maximum Gasteiger partial charge on any atom is 0.404 e. The van der Waals surface area contributed by atoms with Crippen molar-refractivity contribution in [1.29, 1.82) is 0 Å². The van der Waals surface area contributed by atoms with Gasteiger partial charge in [-0.05, 0) is 36.1 Å². The molecule has 0 fully saturated rings. The van der Waals surface area contributed by atoms with Crippen LogP contribution in [0.25, 0.3) is 0 Å². The van der Waals surface area contributed by atoms with Crippen LogP contribution in [-0.4, -0.2) is 32.2 Å². The van der Waals surface area contributed by atoms with Crippen molar-refractivity contribution in [3.05, 3.63) is 76.0 Å². The third kappa shape index (κ3) is 6.07. The zero-order valence-electron chi connectivity index (χ0n) is 17.9. The van der Waals surface area contributed by atoms with Crippen LogP contribution in [0.15, 0.2) is 58.7 Å². The normalized spacial score (nSPS) is 11.0. The number of amides is 1. The average molecular weight is 456 g/mol. The number of hydrogen-bond acceptors (Lipinski definition) is 7. The molecule has 1 aromatic carbocycles. The quantitative estimate of drug-likeness (QED) is 0.270. The number of primary amides is 1. The van der Waals surface area contributed by atoms with Crippen LogP contribution in [0.4, 0.5) is 10.5 Å². The number of nitrogens with zero attached hydrogens (tertiary/aromatic N) is 4. The number of aromatic nitrogens is 3. The van der Waals surface area contributed by atoms with Gasteiger partial charge in [0.1, 0.15) is 10.9 Å². The first kappa shape index (κ1) is 23.3. The Bertz CT molecular complexity index is 1090. The zero-order chi connectivity index (χ0) is 23.1. The van der Waals surface area contributed by atoms with Crippen molar-refractivity contribution >= 4 is 23.5 Å². The fourth-order valence-electron chi connectivity index (χ4n) is 3.19. The van der Waals surface area contributed by atoms with Crippen LogP contribution >= 0.6 is 11.8 Å². The Hall–Kier alpha value is -3.40. The minimum absolute atomic E-state index is 0.0464. The molecule has 0 unspecified atom stereocenters. The third-order valence-corrected chi connectivity index (χ3v) is 5.81. The van der Waals surface area contributed by atoms with Crippen molar-refractivity contribution in [2.75, 3.05) is 6.61 Å². The van der Waals surface area contributed by atoms with E-state index in [4.69, 9.17) is 15.5 Å². The Morgan fingerprint density at radius 2 is 2.03 bits per heavy atom. The predicted octanol–water partition coefficient (Wildman–Crippen LogP) is 4.54. The first-order chi connectivity index (χ1) is 15.3. The second-order valence-electron chi connectivity index (χ2n) is 7.44. The summed E-state index contributed by atoms with van der Waals surface area (Å²) in [6, 6.07) is 10.5. The van der Waals surface area contributed by atoms with E-state index in [2.05, 4.69) is 23.4 Å². The lowest BCUT2D eigenvalue weighted by atomic mass is 10.1. The van der Waals surface area contributed by atoms with Crippen LogP contribution in [0, 0.1) is 10.1 Å². The zero-order valence-corrected chi connectivity index (χ0v) is 18.7. The van der Waals surface area contributed by atoms with Crippen molar-refractivity contribution in [2.24, 2.45) is 5.73 Å². The Labute approximate surface area is 190 Å². The first-order valence-corrected chi connectivity index (χ1v) is 11.0. The van der Waals surface area contributed by atoms with Gasteiger partial charge in [0.25, 0.3) is 5.69 Å². The van der Waals surface area contributed by atoms with Gasteiger partial charge in [-0.1, -0.05) is 31.7 Å². The SMILES string of the molecule is CC(C)c1nc(CCCOC(N)=O)n(Cc2ccncc2)c1Sc1cccc([N+](=O)[O-])c1. The molecule has 10 heteroatoms. The molecule has 1 amide bonds. The topological polar surface area (TPSA) is 126 Å². The monoisotopic (exact) mass is 455 g/mol. The largest absolute Gasteiger partial charge is 0.450 e. The molecular weight excluding hydrogens is 430 g/mol. The molecule has 32 heavy (non-hydrogen) atoms. The van der Waals surface area contributed by atoms with Crippen LogP contribution in [0.3, 0.4) is 0 Å². The summed E-state index contributed by atoms with van der Waals surface area (Å²) in [5, 5.41) is 12.1. The lowest BCUT2D eigenvalue weighted by Crippen LogP contribution is -2.14. The number of imidazole rings is 1. The first-order valence-electron chi connectivity index (χ1n) is 10.2. The number of rotatable bonds is 10. The molecule has 0 saturated carbocycles. The minimum Gasteiger partial charge on any atom is -0.450 e. The molecule has 3 aromatic rings. The van der Waals surface area contributed by atoms with Gasteiger partial charge in [-0.15, -0.1) is 0 Å². The summed E-state index contributed by atoms with van der Waals surface area (Å²) < 4.78 is 6.99. The third-order valence-electron chi connectivity index (χ3n) is 4.69. The number of benzene rings is 1. The van der Waals surface area contributed by atoms with E-state index >= 15 is 0 Å². The van der Waals surface area contributed by atoms with Gasteiger partial charge >= 0.3 is 6.09 Å². The summed E-state index contributed by atoms with van der Waals surface area (Å²) in [6.45, 7) is 4.92. The molecule has 3 rings (SSSR count). The summed E-state index contributed by atoms with van der Waals surface area (Å²) in [5.41, 5.74) is 7.08. The molecule has 0 bridgehead atoms. The number of aryl methyl sites for hydroxylation is 1. The van der Waals surface area contributed by atoms with E-state index in [9.17, 15) is 14.9 Å².